The first-order valence-corrected chi connectivity index (χ1v) is 13.3. The predicted molar refractivity (Wildman–Crippen MR) is 135 cm³/mol. The molecule has 1 saturated heterocycles. The van der Waals surface area contributed by atoms with Crippen LogP contribution >= 0.6 is 0 Å². The van der Waals surface area contributed by atoms with Crippen molar-refractivity contribution in [3.05, 3.63) is 53.2 Å². The number of hydrogen-bond acceptors (Lipinski definition) is 5. The van der Waals surface area contributed by atoms with Gasteiger partial charge in [0.15, 0.2) is 6.29 Å². The number of benzene rings is 1. The van der Waals surface area contributed by atoms with Crippen molar-refractivity contribution in [2.45, 2.75) is 70.0 Å². The Kier molecular flexibility index (Phi) is 7.40. The first-order valence-electron chi connectivity index (χ1n) is 13.3. The fraction of sp³-hybridized carbons (Fsp3) is 0.621. The smallest absolute Gasteiger partial charge is 0.159 e. The second-order valence-corrected chi connectivity index (χ2v) is 10.6. The van der Waals surface area contributed by atoms with Gasteiger partial charge >= 0.3 is 0 Å². The lowest BCUT2D eigenvalue weighted by atomic mass is 9.64. The Hall–Kier alpha value is -2.11. The van der Waals surface area contributed by atoms with E-state index in [0.717, 1.165) is 44.1 Å². The number of aromatic nitrogens is 1. The zero-order valence-corrected chi connectivity index (χ0v) is 20.8. The molecule has 2 fully saturated rings. The topological polar surface area (TPSA) is 54.8 Å². The number of hydrogen-bond donors (Lipinski definition) is 1. The van der Waals surface area contributed by atoms with Crippen LogP contribution in [0.1, 0.15) is 74.0 Å². The van der Waals surface area contributed by atoms with E-state index in [1.165, 1.54) is 55.2 Å². The van der Waals surface area contributed by atoms with Gasteiger partial charge in [0, 0.05) is 45.3 Å². The summed E-state index contributed by atoms with van der Waals surface area (Å²) in [7, 11) is 3.46. The lowest BCUT2D eigenvalue weighted by Crippen LogP contribution is -2.39. The summed E-state index contributed by atoms with van der Waals surface area (Å²) >= 11 is 0. The summed E-state index contributed by atoms with van der Waals surface area (Å²) in [5, 5.41) is 10.1. The lowest BCUT2D eigenvalue weighted by molar-refractivity contribution is -0.141. The Morgan fingerprint density at radius 3 is 2.38 bits per heavy atom. The highest BCUT2D eigenvalue weighted by Crippen LogP contribution is 2.48. The van der Waals surface area contributed by atoms with Crippen molar-refractivity contribution in [1.82, 2.24) is 4.98 Å². The van der Waals surface area contributed by atoms with Crippen molar-refractivity contribution >= 4 is 5.82 Å². The predicted octanol–water partition coefficient (Wildman–Crippen LogP) is 5.90. The standard InChI is InChI=1S/C29H40N2O3/c1-33-29(34-2)21-14-16-31(17-15-21)27-13-9-23(19-30-27)28-25(20-6-4-3-5-7-20)11-8-22-18-24(32)10-12-26(22)28/h9-10,12-13,18-21,25,28-29,32H,3-8,11,14-17H2,1-2H3. The van der Waals surface area contributed by atoms with Gasteiger partial charge in [-0.2, -0.15) is 0 Å². The van der Waals surface area contributed by atoms with E-state index in [0.29, 0.717) is 23.5 Å². The first-order chi connectivity index (χ1) is 16.7. The molecule has 1 aliphatic heterocycles. The number of piperidine rings is 1. The molecule has 5 rings (SSSR count). The van der Waals surface area contributed by atoms with E-state index in [1.54, 1.807) is 14.2 Å². The molecule has 34 heavy (non-hydrogen) atoms. The fourth-order valence-electron chi connectivity index (χ4n) is 6.98. The molecule has 1 aromatic heterocycles. The van der Waals surface area contributed by atoms with Crippen molar-refractivity contribution in [1.29, 1.82) is 0 Å². The molecule has 0 amide bonds. The number of ether oxygens (including phenoxy) is 2. The Morgan fingerprint density at radius 1 is 0.941 bits per heavy atom. The Bertz CT molecular complexity index is 929. The molecule has 2 heterocycles. The molecular weight excluding hydrogens is 424 g/mol. The summed E-state index contributed by atoms with van der Waals surface area (Å²) in [4.78, 5) is 7.37. The summed E-state index contributed by atoms with van der Waals surface area (Å²) in [5.74, 6) is 3.75. The highest BCUT2D eigenvalue weighted by atomic mass is 16.7. The van der Waals surface area contributed by atoms with E-state index < -0.39 is 0 Å². The van der Waals surface area contributed by atoms with Crippen LogP contribution in [-0.4, -0.2) is 43.7 Å². The summed E-state index contributed by atoms with van der Waals surface area (Å²) in [6.45, 7) is 1.97. The van der Waals surface area contributed by atoms with Gasteiger partial charge in [0.2, 0.25) is 0 Å². The highest BCUT2D eigenvalue weighted by molar-refractivity contribution is 5.46. The third-order valence-corrected chi connectivity index (χ3v) is 8.74. The van der Waals surface area contributed by atoms with Gasteiger partial charge in [-0.1, -0.05) is 44.2 Å². The number of anilines is 1. The maximum atomic E-state index is 10.1. The van der Waals surface area contributed by atoms with Crippen molar-refractivity contribution in [3.63, 3.8) is 0 Å². The third kappa shape index (κ3) is 4.83. The van der Waals surface area contributed by atoms with Crippen LogP contribution in [0.15, 0.2) is 36.5 Å². The average molecular weight is 465 g/mol. The minimum absolute atomic E-state index is 0.111. The fourth-order valence-corrected chi connectivity index (χ4v) is 6.98. The van der Waals surface area contributed by atoms with Gasteiger partial charge in [0.05, 0.1) is 0 Å². The molecule has 1 aromatic carbocycles. The van der Waals surface area contributed by atoms with Gasteiger partial charge in [-0.15, -0.1) is 0 Å². The SMILES string of the molecule is COC(OC)C1CCN(c2ccc(C3c4ccc(O)cc4CCC3C3CCCCC3)cn2)CC1. The summed E-state index contributed by atoms with van der Waals surface area (Å²) in [5.41, 5.74) is 4.05. The van der Waals surface area contributed by atoms with Crippen molar-refractivity contribution in [2.24, 2.45) is 17.8 Å². The van der Waals surface area contributed by atoms with Crippen LogP contribution in [0.2, 0.25) is 0 Å². The second kappa shape index (κ2) is 10.7. The maximum Gasteiger partial charge on any atom is 0.159 e. The molecule has 184 valence electrons. The molecule has 5 nitrogen and oxygen atoms in total. The van der Waals surface area contributed by atoms with Crippen LogP contribution in [0.25, 0.3) is 0 Å². The van der Waals surface area contributed by atoms with Gasteiger partial charge < -0.3 is 19.5 Å². The molecule has 1 saturated carbocycles. The molecule has 5 heteroatoms. The summed E-state index contributed by atoms with van der Waals surface area (Å²) < 4.78 is 11.0. The Balaban J connectivity index is 1.36. The minimum Gasteiger partial charge on any atom is -0.508 e. The first kappa shape index (κ1) is 23.6. The van der Waals surface area contributed by atoms with Crippen molar-refractivity contribution in [2.75, 3.05) is 32.2 Å². The number of aryl methyl sites for hydroxylation is 1. The number of aromatic hydroxyl groups is 1. The lowest BCUT2D eigenvalue weighted by Gasteiger charge is -2.40. The second-order valence-electron chi connectivity index (χ2n) is 10.6. The molecule has 0 bridgehead atoms. The Labute approximate surface area is 204 Å². The average Bonchev–Trinajstić information content (AvgIpc) is 2.90. The van der Waals surface area contributed by atoms with Crippen molar-refractivity contribution in [3.8, 4) is 5.75 Å². The maximum absolute atomic E-state index is 10.1. The van der Waals surface area contributed by atoms with E-state index in [-0.39, 0.29) is 6.29 Å². The van der Waals surface area contributed by atoms with E-state index in [4.69, 9.17) is 14.5 Å². The summed E-state index contributed by atoms with van der Waals surface area (Å²) in [6.07, 6.45) is 13.3. The number of fused-ring (bicyclic) bond motifs is 1. The number of pyridine rings is 1. The molecule has 3 aliphatic rings. The van der Waals surface area contributed by atoms with Gasteiger partial charge in [-0.3, -0.25) is 0 Å². The molecule has 2 atom stereocenters. The third-order valence-electron chi connectivity index (χ3n) is 8.74. The molecular formula is C29H40N2O3. The van der Waals surface area contributed by atoms with E-state index in [2.05, 4.69) is 29.3 Å². The van der Waals surface area contributed by atoms with Crippen LogP contribution in [0.5, 0.6) is 5.75 Å². The molecule has 1 N–H and O–H groups in total. The van der Waals surface area contributed by atoms with Gasteiger partial charge in [-0.05, 0) is 72.4 Å². The van der Waals surface area contributed by atoms with Gasteiger partial charge in [-0.25, -0.2) is 4.98 Å². The molecule has 0 radical (unpaired) electrons. The largest absolute Gasteiger partial charge is 0.508 e. The quantitative estimate of drug-likeness (QED) is 0.540. The van der Waals surface area contributed by atoms with Gasteiger partial charge in [0.25, 0.3) is 0 Å². The van der Waals surface area contributed by atoms with Crippen molar-refractivity contribution < 1.29 is 14.6 Å². The highest BCUT2D eigenvalue weighted by Gasteiger charge is 2.37. The molecule has 2 aromatic rings. The zero-order chi connectivity index (χ0) is 23.5. The van der Waals surface area contributed by atoms with E-state index in [9.17, 15) is 5.11 Å². The normalized spacial score (nSPS) is 24.4. The number of methoxy groups -OCH3 is 2. The molecule has 2 aliphatic carbocycles. The zero-order valence-electron chi connectivity index (χ0n) is 20.8. The number of phenols is 1. The van der Waals surface area contributed by atoms with E-state index in [1.807, 2.05) is 12.1 Å². The summed E-state index contributed by atoms with van der Waals surface area (Å²) in [6, 6.07) is 10.6. The number of rotatable bonds is 6. The van der Waals surface area contributed by atoms with Gasteiger partial charge in [0.1, 0.15) is 11.6 Å². The number of phenolic OH excluding ortho intramolecular Hbond substituents is 1. The number of nitrogens with zero attached hydrogens (tertiary/aromatic N) is 2. The molecule has 0 spiro atoms. The van der Waals surface area contributed by atoms with Crippen LogP contribution in [-0.2, 0) is 15.9 Å². The van der Waals surface area contributed by atoms with Crippen LogP contribution in [0.3, 0.4) is 0 Å². The van der Waals surface area contributed by atoms with Crippen LogP contribution < -0.4 is 4.90 Å². The van der Waals surface area contributed by atoms with Crippen LogP contribution in [0, 0.1) is 17.8 Å². The Morgan fingerprint density at radius 2 is 1.71 bits per heavy atom. The monoisotopic (exact) mass is 464 g/mol. The molecule has 2 unspecified atom stereocenters. The van der Waals surface area contributed by atoms with Crippen LogP contribution in [0.4, 0.5) is 5.82 Å². The minimum atomic E-state index is -0.111. The van der Waals surface area contributed by atoms with E-state index >= 15 is 0 Å².